The minimum Gasteiger partial charge on any atom is -0.396 e. The number of aromatic amines is 1. The molecule has 0 amide bonds. The number of pyridine rings is 1. The summed E-state index contributed by atoms with van der Waals surface area (Å²) >= 11 is 0. The molecule has 0 spiro atoms. The van der Waals surface area contributed by atoms with Crippen LogP contribution < -0.4 is 5.69 Å². The maximum Gasteiger partial charge on any atom is 0.327 e. The predicted octanol–water partition coefficient (Wildman–Crippen LogP) is 3.50. The van der Waals surface area contributed by atoms with Gasteiger partial charge < -0.3 is 14.7 Å². The third-order valence-corrected chi connectivity index (χ3v) is 6.33. The molecule has 0 bridgehead atoms. The van der Waals surface area contributed by atoms with Gasteiger partial charge in [0.15, 0.2) is 0 Å². The molecule has 0 saturated heterocycles. The second-order valence-electron chi connectivity index (χ2n) is 8.55. The molecule has 1 fully saturated rings. The third-order valence-electron chi connectivity index (χ3n) is 6.33. The number of hydrogen-bond acceptors (Lipinski definition) is 5. The summed E-state index contributed by atoms with van der Waals surface area (Å²) < 4.78 is 4.04. The average Bonchev–Trinajstić information content (AvgIpc) is 3.51. The first-order valence-corrected chi connectivity index (χ1v) is 11.3. The molecule has 3 heterocycles. The quantitative estimate of drug-likeness (QED) is 0.395. The lowest BCUT2D eigenvalue weighted by Crippen LogP contribution is -2.27. The third kappa shape index (κ3) is 3.69. The van der Waals surface area contributed by atoms with Gasteiger partial charge in [-0.15, -0.1) is 0 Å². The van der Waals surface area contributed by atoms with Crippen LogP contribution in [0.15, 0.2) is 41.5 Å². The van der Waals surface area contributed by atoms with Gasteiger partial charge in [-0.1, -0.05) is 12.8 Å². The number of imidazole rings is 2. The zero-order valence-corrected chi connectivity index (χ0v) is 17.9. The number of H-pyrrole nitrogens is 1. The molecule has 1 aliphatic rings. The van der Waals surface area contributed by atoms with Crippen LogP contribution in [-0.2, 0) is 6.54 Å². The van der Waals surface area contributed by atoms with E-state index in [0.29, 0.717) is 11.5 Å². The normalized spacial score (nSPS) is 14.8. The number of hydrogen-bond donors (Lipinski definition) is 2. The first-order chi connectivity index (χ1) is 15.7. The lowest BCUT2D eigenvalue weighted by Gasteiger charge is -2.20. The Bertz CT molecular complexity index is 1350. The maximum absolute atomic E-state index is 13.0. The van der Waals surface area contributed by atoms with Gasteiger partial charge in [-0.25, -0.2) is 9.78 Å². The Morgan fingerprint density at radius 1 is 1.19 bits per heavy atom. The number of nitriles is 1. The van der Waals surface area contributed by atoms with E-state index in [1.165, 1.54) is 0 Å². The largest absolute Gasteiger partial charge is 0.396 e. The number of nitrogens with zero attached hydrogens (tertiary/aromatic N) is 5. The van der Waals surface area contributed by atoms with Crippen LogP contribution in [-0.4, -0.2) is 35.8 Å². The van der Waals surface area contributed by atoms with E-state index in [1.807, 2.05) is 28.8 Å². The Morgan fingerprint density at radius 3 is 2.81 bits per heavy atom. The monoisotopic (exact) mass is 430 g/mol. The van der Waals surface area contributed by atoms with Crippen molar-refractivity contribution in [2.45, 2.75) is 51.1 Å². The molecule has 8 heteroatoms. The van der Waals surface area contributed by atoms with Crippen LogP contribution in [0.1, 0.15) is 56.0 Å². The lowest BCUT2D eigenvalue weighted by molar-refractivity contribution is 0.282. The second-order valence-corrected chi connectivity index (χ2v) is 8.55. The molecule has 1 aromatic carbocycles. The fourth-order valence-corrected chi connectivity index (χ4v) is 4.61. The smallest absolute Gasteiger partial charge is 0.327 e. The number of fused-ring (bicyclic) bond motifs is 2. The highest BCUT2D eigenvalue weighted by atomic mass is 16.2. The summed E-state index contributed by atoms with van der Waals surface area (Å²) in [7, 11) is 0. The predicted molar refractivity (Wildman–Crippen MR) is 121 cm³/mol. The van der Waals surface area contributed by atoms with Crippen molar-refractivity contribution in [3.05, 3.63) is 58.5 Å². The molecule has 2 N–H and O–H groups in total. The number of unbranched alkanes of at least 4 members (excludes halogenated alkanes) is 3. The average molecular weight is 431 g/mol. The first-order valence-electron chi connectivity index (χ1n) is 11.3. The van der Waals surface area contributed by atoms with Crippen LogP contribution in [0.2, 0.25) is 0 Å². The Balaban J connectivity index is 1.63. The van der Waals surface area contributed by atoms with Gasteiger partial charge in [-0.3, -0.25) is 9.55 Å². The minimum absolute atomic E-state index is 0.149. The van der Waals surface area contributed by atoms with Gasteiger partial charge in [0.2, 0.25) is 0 Å². The van der Waals surface area contributed by atoms with Crippen molar-refractivity contribution in [2.75, 3.05) is 6.61 Å². The van der Waals surface area contributed by atoms with E-state index in [0.717, 1.165) is 73.0 Å². The molecule has 164 valence electrons. The lowest BCUT2D eigenvalue weighted by atomic mass is 10.1. The zero-order chi connectivity index (χ0) is 22.1. The van der Waals surface area contributed by atoms with Crippen molar-refractivity contribution in [2.24, 2.45) is 5.92 Å². The zero-order valence-electron chi connectivity index (χ0n) is 17.9. The Kier molecular flexibility index (Phi) is 5.50. The molecule has 1 unspecified atom stereocenters. The van der Waals surface area contributed by atoms with Crippen molar-refractivity contribution in [1.29, 1.82) is 5.26 Å². The molecule has 8 nitrogen and oxygen atoms in total. The topological polar surface area (TPSA) is 113 Å². The number of aliphatic hydroxyl groups excluding tert-OH is 1. The van der Waals surface area contributed by atoms with E-state index in [2.05, 4.69) is 20.6 Å². The number of nitrogens with one attached hydrogen (secondary N) is 1. The van der Waals surface area contributed by atoms with Gasteiger partial charge in [0.05, 0.1) is 45.9 Å². The van der Waals surface area contributed by atoms with Gasteiger partial charge in [0, 0.05) is 19.3 Å². The highest BCUT2D eigenvalue weighted by molar-refractivity contribution is 5.78. The number of benzene rings is 1. The van der Waals surface area contributed by atoms with Crippen molar-refractivity contribution >= 4 is 22.1 Å². The maximum atomic E-state index is 13.0. The summed E-state index contributed by atoms with van der Waals surface area (Å²) in [4.78, 5) is 25.2. The molecule has 1 atom stereocenters. The van der Waals surface area contributed by atoms with Crippen LogP contribution in [0.5, 0.6) is 0 Å². The first kappa shape index (κ1) is 20.5. The van der Waals surface area contributed by atoms with Crippen molar-refractivity contribution < 1.29 is 5.11 Å². The fourth-order valence-electron chi connectivity index (χ4n) is 4.61. The highest BCUT2D eigenvalue weighted by Crippen LogP contribution is 2.44. The van der Waals surface area contributed by atoms with Crippen LogP contribution in [0.25, 0.3) is 22.1 Å². The molecule has 0 radical (unpaired) electrons. The Morgan fingerprint density at radius 2 is 2.03 bits per heavy atom. The summed E-state index contributed by atoms with van der Waals surface area (Å²) in [6.45, 7) is 0.999. The minimum atomic E-state index is -0.184. The van der Waals surface area contributed by atoms with Crippen LogP contribution in [0.4, 0.5) is 0 Å². The molecular weight excluding hydrogens is 404 g/mol. The molecule has 1 aliphatic carbocycles. The van der Waals surface area contributed by atoms with Gasteiger partial charge in [-0.2, -0.15) is 5.26 Å². The summed E-state index contributed by atoms with van der Waals surface area (Å²) in [6, 6.07) is 9.44. The Hall–Kier alpha value is -3.44. The molecular formula is C24H26N6O2. The number of aromatic nitrogens is 5. The molecule has 0 aliphatic heterocycles. The molecule has 5 rings (SSSR count). The summed E-state index contributed by atoms with van der Waals surface area (Å²) in [6.07, 6.45) is 9.28. The standard InChI is InChI=1S/C24H26N6O2/c25-14-16-5-8-20-19(13-16)27-23(29(20)11-3-1-2-4-12-31)22(17-6-7-17)30-21-15-26-10-9-18(21)28-24(30)32/h5,8-10,13,15,17,22,31H,1-4,6-7,11-12H2,(H,28,32). The van der Waals surface area contributed by atoms with E-state index in [1.54, 1.807) is 12.4 Å². The number of aryl methyl sites for hydroxylation is 1. The van der Waals surface area contributed by atoms with Gasteiger partial charge >= 0.3 is 5.69 Å². The van der Waals surface area contributed by atoms with Crippen molar-refractivity contribution in [3.63, 3.8) is 0 Å². The van der Waals surface area contributed by atoms with Crippen molar-refractivity contribution in [3.8, 4) is 6.07 Å². The Labute approximate surface area is 185 Å². The van der Waals surface area contributed by atoms with E-state index in [-0.39, 0.29) is 18.3 Å². The molecule has 32 heavy (non-hydrogen) atoms. The van der Waals surface area contributed by atoms with E-state index < -0.39 is 0 Å². The van der Waals surface area contributed by atoms with E-state index in [4.69, 9.17) is 10.1 Å². The number of aliphatic hydroxyl groups is 1. The van der Waals surface area contributed by atoms with Gasteiger partial charge in [0.1, 0.15) is 5.82 Å². The second kappa shape index (κ2) is 8.60. The van der Waals surface area contributed by atoms with Crippen LogP contribution in [0, 0.1) is 17.2 Å². The van der Waals surface area contributed by atoms with E-state index >= 15 is 0 Å². The summed E-state index contributed by atoms with van der Waals surface area (Å²) in [5.41, 5.74) is 3.75. The summed E-state index contributed by atoms with van der Waals surface area (Å²) in [5, 5.41) is 18.4. The molecule has 3 aromatic heterocycles. The highest BCUT2D eigenvalue weighted by Gasteiger charge is 2.38. The van der Waals surface area contributed by atoms with Crippen LogP contribution in [0.3, 0.4) is 0 Å². The van der Waals surface area contributed by atoms with Gasteiger partial charge in [0.25, 0.3) is 0 Å². The van der Waals surface area contributed by atoms with Gasteiger partial charge in [-0.05, 0) is 55.9 Å². The van der Waals surface area contributed by atoms with E-state index in [9.17, 15) is 10.1 Å². The van der Waals surface area contributed by atoms with Crippen molar-refractivity contribution in [1.82, 2.24) is 24.1 Å². The fraction of sp³-hybridized carbons (Fsp3) is 0.417. The SMILES string of the molecule is N#Cc1ccc2c(c1)nc(C(C1CC1)n1c(=O)[nH]c3ccncc31)n2CCCCCCO. The summed E-state index contributed by atoms with van der Waals surface area (Å²) in [5.74, 6) is 1.21. The van der Waals surface area contributed by atoms with Crippen LogP contribution >= 0.6 is 0 Å². The molecule has 4 aromatic rings. The number of rotatable bonds is 9. The molecule has 1 saturated carbocycles.